The predicted octanol–water partition coefficient (Wildman–Crippen LogP) is 4.40. The molecule has 26 heavy (non-hydrogen) atoms. The minimum Gasteiger partial charge on any atom is -0.361 e. The van der Waals surface area contributed by atoms with E-state index in [0.29, 0.717) is 6.54 Å². The van der Waals surface area contributed by atoms with Crippen LogP contribution in [-0.2, 0) is 17.8 Å². The van der Waals surface area contributed by atoms with Gasteiger partial charge in [0.15, 0.2) is 0 Å². The highest BCUT2D eigenvalue weighted by Gasteiger charge is 2.40. The number of aromatic nitrogens is 2. The van der Waals surface area contributed by atoms with Crippen LogP contribution in [0.25, 0.3) is 10.2 Å². The number of hydrogen-bond acceptors (Lipinski definition) is 5. The van der Waals surface area contributed by atoms with Gasteiger partial charge < -0.3 is 9.84 Å². The number of carbonyl (C=O) groups excluding carboxylic acids is 1. The first-order valence-corrected chi connectivity index (χ1v) is 10.0. The van der Waals surface area contributed by atoms with Crippen LogP contribution in [0.5, 0.6) is 0 Å². The molecule has 5 nitrogen and oxygen atoms in total. The fourth-order valence-corrected chi connectivity index (χ4v) is 4.97. The van der Waals surface area contributed by atoms with Gasteiger partial charge in [-0.25, -0.2) is 4.98 Å². The van der Waals surface area contributed by atoms with E-state index in [2.05, 4.69) is 16.5 Å². The SMILES string of the molecule is Cc1cc(CNC(=O)C2(Cc3nc4ccccc4s3)CCCCC2)no1. The average molecular weight is 369 g/mol. The number of fused-ring (bicyclic) bond motifs is 1. The van der Waals surface area contributed by atoms with Crippen molar-refractivity contribution in [2.75, 3.05) is 0 Å². The van der Waals surface area contributed by atoms with E-state index >= 15 is 0 Å². The fourth-order valence-electron chi connectivity index (χ4n) is 3.86. The van der Waals surface area contributed by atoms with Gasteiger partial charge in [-0.2, -0.15) is 0 Å². The lowest BCUT2D eigenvalue weighted by Crippen LogP contribution is -2.43. The van der Waals surface area contributed by atoms with Crippen molar-refractivity contribution in [2.45, 2.75) is 52.0 Å². The van der Waals surface area contributed by atoms with Crippen molar-refractivity contribution in [1.29, 1.82) is 0 Å². The van der Waals surface area contributed by atoms with Gasteiger partial charge in [0.2, 0.25) is 5.91 Å². The summed E-state index contributed by atoms with van der Waals surface area (Å²) in [6, 6.07) is 10.0. The molecule has 1 amide bonds. The first kappa shape index (κ1) is 17.2. The highest BCUT2D eigenvalue weighted by Crippen LogP contribution is 2.41. The van der Waals surface area contributed by atoms with Crippen LogP contribution in [0.1, 0.15) is 48.6 Å². The zero-order valence-corrected chi connectivity index (χ0v) is 15.8. The van der Waals surface area contributed by atoms with E-state index in [4.69, 9.17) is 9.51 Å². The Bertz CT molecular complexity index is 876. The maximum atomic E-state index is 13.1. The molecule has 1 aliphatic carbocycles. The van der Waals surface area contributed by atoms with Crippen molar-refractivity contribution in [3.63, 3.8) is 0 Å². The number of hydrogen-bond donors (Lipinski definition) is 1. The number of aryl methyl sites for hydroxylation is 1. The standard InChI is InChI=1S/C20H23N3O2S/c1-14-11-15(23-25-14)13-21-19(24)20(9-5-2-6-10-20)12-18-22-16-7-3-4-8-17(16)26-18/h3-4,7-8,11H,2,5-6,9-10,12-13H2,1H3,(H,21,24). The van der Waals surface area contributed by atoms with Gasteiger partial charge in [0, 0.05) is 12.5 Å². The summed E-state index contributed by atoms with van der Waals surface area (Å²) < 4.78 is 6.27. The molecule has 4 rings (SSSR count). The summed E-state index contributed by atoms with van der Waals surface area (Å²) >= 11 is 1.71. The molecule has 0 unspecified atom stereocenters. The molecule has 0 bridgehead atoms. The number of nitrogens with zero attached hydrogens (tertiary/aromatic N) is 2. The second-order valence-electron chi connectivity index (χ2n) is 7.20. The zero-order chi connectivity index (χ0) is 18.0. The van der Waals surface area contributed by atoms with Crippen molar-refractivity contribution >= 4 is 27.5 Å². The van der Waals surface area contributed by atoms with Crippen LogP contribution >= 0.6 is 11.3 Å². The number of rotatable bonds is 5. The molecule has 136 valence electrons. The van der Waals surface area contributed by atoms with Crippen molar-refractivity contribution in [3.05, 3.63) is 46.8 Å². The summed E-state index contributed by atoms with van der Waals surface area (Å²) in [4.78, 5) is 17.9. The van der Waals surface area contributed by atoms with E-state index < -0.39 is 0 Å². The maximum Gasteiger partial charge on any atom is 0.226 e. The Labute approximate surface area is 156 Å². The minimum absolute atomic E-state index is 0.122. The van der Waals surface area contributed by atoms with Gasteiger partial charge in [-0.05, 0) is 31.9 Å². The third kappa shape index (κ3) is 3.51. The topological polar surface area (TPSA) is 68.0 Å². The molecule has 2 aromatic heterocycles. The van der Waals surface area contributed by atoms with E-state index in [9.17, 15) is 4.79 Å². The number of benzene rings is 1. The lowest BCUT2D eigenvalue weighted by atomic mass is 9.71. The van der Waals surface area contributed by atoms with Crippen LogP contribution in [-0.4, -0.2) is 16.0 Å². The second-order valence-corrected chi connectivity index (χ2v) is 8.32. The van der Waals surface area contributed by atoms with Crippen LogP contribution in [0.3, 0.4) is 0 Å². The molecule has 1 aliphatic rings. The largest absolute Gasteiger partial charge is 0.361 e. The van der Waals surface area contributed by atoms with Crippen LogP contribution < -0.4 is 5.32 Å². The summed E-state index contributed by atoms with van der Waals surface area (Å²) in [5.74, 6) is 0.883. The zero-order valence-electron chi connectivity index (χ0n) is 15.0. The van der Waals surface area contributed by atoms with Gasteiger partial charge in [-0.1, -0.05) is 36.6 Å². The Kier molecular flexibility index (Phi) is 4.76. The normalized spacial score (nSPS) is 16.7. The summed E-state index contributed by atoms with van der Waals surface area (Å²) in [6.45, 7) is 2.27. The van der Waals surface area contributed by atoms with E-state index in [1.807, 2.05) is 31.2 Å². The van der Waals surface area contributed by atoms with Gasteiger partial charge >= 0.3 is 0 Å². The lowest BCUT2D eigenvalue weighted by molar-refractivity contribution is -0.133. The fraction of sp³-hybridized carbons (Fsp3) is 0.450. The summed E-state index contributed by atoms with van der Waals surface area (Å²) in [5.41, 5.74) is 1.43. The molecule has 1 N–H and O–H groups in total. The first-order chi connectivity index (χ1) is 12.6. The molecule has 1 fully saturated rings. The molecule has 2 heterocycles. The van der Waals surface area contributed by atoms with Gasteiger partial charge in [0.25, 0.3) is 0 Å². The molecular formula is C20H23N3O2S. The maximum absolute atomic E-state index is 13.1. The molecular weight excluding hydrogens is 346 g/mol. The van der Waals surface area contributed by atoms with Crippen molar-refractivity contribution < 1.29 is 9.32 Å². The molecule has 1 saturated carbocycles. The summed E-state index contributed by atoms with van der Waals surface area (Å²) in [6.07, 6.45) is 5.97. The lowest BCUT2D eigenvalue weighted by Gasteiger charge is -2.35. The Morgan fingerprint density at radius 1 is 1.27 bits per heavy atom. The second kappa shape index (κ2) is 7.19. The van der Waals surface area contributed by atoms with Gasteiger partial charge in [0.1, 0.15) is 11.5 Å². The van der Waals surface area contributed by atoms with Crippen LogP contribution in [0.2, 0.25) is 0 Å². The smallest absolute Gasteiger partial charge is 0.226 e. The van der Waals surface area contributed by atoms with E-state index in [1.165, 1.54) is 11.1 Å². The van der Waals surface area contributed by atoms with Crippen LogP contribution in [0.15, 0.2) is 34.9 Å². The minimum atomic E-state index is -0.356. The monoisotopic (exact) mass is 369 g/mol. The van der Waals surface area contributed by atoms with E-state index in [-0.39, 0.29) is 11.3 Å². The number of amides is 1. The third-order valence-electron chi connectivity index (χ3n) is 5.23. The number of nitrogens with one attached hydrogen (secondary N) is 1. The number of carbonyl (C=O) groups is 1. The summed E-state index contributed by atoms with van der Waals surface area (Å²) in [7, 11) is 0. The molecule has 0 spiro atoms. The average Bonchev–Trinajstić information content (AvgIpc) is 3.25. The molecule has 0 aliphatic heterocycles. The Hall–Kier alpha value is -2.21. The summed E-state index contributed by atoms with van der Waals surface area (Å²) in [5, 5.41) is 8.12. The Morgan fingerprint density at radius 3 is 2.81 bits per heavy atom. The van der Waals surface area contributed by atoms with Crippen LogP contribution in [0, 0.1) is 12.3 Å². The van der Waals surface area contributed by atoms with Crippen molar-refractivity contribution in [3.8, 4) is 0 Å². The van der Waals surface area contributed by atoms with Crippen molar-refractivity contribution in [2.24, 2.45) is 5.41 Å². The Balaban J connectivity index is 1.53. The Morgan fingerprint density at radius 2 is 2.08 bits per heavy atom. The number of para-hydroxylation sites is 1. The molecule has 1 aromatic carbocycles. The first-order valence-electron chi connectivity index (χ1n) is 9.20. The number of thiazole rings is 1. The molecule has 6 heteroatoms. The van der Waals surface area contributed by atoms with Gasteiger partial charge in [-0.15, -0.1) is 11.3 Å². The van der Waals surface area contributed by atoms with E-state index in [1.54, 1.807) is 11.3 Å². The predicted molar refractivity (Wildman–Crippen MR) is 102 cm³/mol. The third-order valence-corrected chi connectivity index (χ3v) is 6.26. The molecule has 0 saturated heterocycles. The highest BCUT2D eigenvalue weighted by molar-refractivity contribution is 7.18. The van der Waals surface area contributed by atoms with Gasteiger partial charge in [-0.3, -0.25) is 4.79 Å². The van der Waals surface area contributed by atoms with Crippen molar-refractivity contribution in [1.82, 2.24) is 15.5 Å². The molecule has 0 radical (unpaired) electrons. The van der Waals surface area contributed by atoms with E-state index in [0.717, 1.165) is 54.1 Å². The molecule has 3 aromatic rings. The van der Waals surface area contributed by atoms with Crippen LogP contribution in [0.4, 0.5) is 0 Å². The quantitative estimate of drug-likeness (QED) is 0.724. The van der Waals surface area contributed by atoms with Gasteiger partial charge in [0.05, 0.1) is 27.2 Å². The highest BCUT2D eigenvalue weighted by atomic mass is 32.1. The molecule has 0 atom stereocenters.